The number of carbonyl (C=O) groups is 2. The Balaban J connectivity index is 3.43. The second-order valence-corrected chi connectivity index (χ2v) is 5.19. The van der Waals surface area contributed by atoms with Gasteiger partial charge < -0.3 is 14.9 Å². The van der Waals surface area contributed by atoms with Crippen molar-refractivity contribution in [1.29, 1.82) is 0 Å². The van der Waals surface area contributed by atoms with E-state index in [0.717, 1.165) is 6.07 Å². The lowest BCUT2D eigenvalue weighted by atomic mass is 9.97. The van der Waals surface area contributed by atoms with E-state index < -0.39 is 40.6 Å². The Kier molecular flexibility index (Phi) is 5.58. The molecule has 0 heterocycles. The number of hydrogen-bond acceptors (Lipinski definition) is 4. The van der Waals surface area contributed by atoms with Gasteiger partial charge in [0.15, 0.2) is 11.9 Å². The van der Waals surface area contributed by atoms with E-state index in [2.05, 4.69) is 20.7 Å². The van der Waals surface area contributed by atoms with Crippen LogP contribution in [0, 0.1) is 0 Å². The zero-order chi connectivity index (χ0) is 15.4. The van der Waals surface area contributed by atoms with Gasteiger partial charge in [0, 0.05) is 11.1 Å². The van der Waals surface area contributed by atoms with Gasteiger partial charge in [-0.25, -0.2) is 4.79 Å². The fourth-order valence-electron chi connectivity index (χ4n) is 1.58. The van der Waals surface area contributed by atoms with Gasteiger partial charge in [0.25, 0.3) is 0 Å². The van der Waals surface area contributed by atoms with Gasteiger partial charge in [-0.05, 0) is 13.0 Å². The summed E-state index contributed by atoms with van der Waals surface area (Å²) in [5.41, 5.74) is -0.681. The van der Waals surface area contributed by atoms with Crippen LogP contribution in [0.5, 0.6) is 5.75 Å². The molecule has 1 rings (SSSR count). The van der Waals surface area contributed by atoms with Crippen molar-refractivity contribution in [2.24, 2.45) is 0 Å². The minimum Gasteiger partial charge on any atom is -0.479 e. The van der Waals surface area contributed by atoms with Crippen LogP contribution in [0.25, 0.3) is 0 Å². The number of carboxylic acid groups (broad SMARTS) is 1. The second kappa shape index (κ2) is 6.76. The first kappa shape index (κ1) is 16.5. The van der Waals surface area contributed by atoms with E-state index in [0.29, 0.717) is 0 Å². The summed E-state index contributed by atoms with van der Waals surface area (Å²) in [7, 11) is 0. The van der Waals surface area contributed by atoms with Crippen LogP contribution in [0.15, 0.2) is 18.2 Å². The Morgan fingerprint density at radius 1 is 1.35 bits per heavy atom. The summed E-state index contributed by atoms with van der Waals surface area (Å²) in [5.74, 6) is -2.78. The SMILES string of the molecule is CC(Br)C(=O)c1cccc(OC(F)F)c1C(O)C(=O)O. The topological polar surface area (TPSA) is 83.8 Å². The first-order valence-corrected chi connectivity index (χ1v) is 6.34. The molecule has 1 aromatic rings. The summed E-state index contributed by atoms with van der Waals surface area (Å²) in [6.07, 6.45) is -2.14. The molecule has 0 aliphatic rings. The predicted molar refractivity (Wildman–Crippen MR) is 68.4 cm³/mol. The van der Waals surface area contributed by atoms with Gasteiger partial charge in [-0.3, -0.25) is 4.79 Å². The molecule has 0 saturated heterocycles. The summed E-state index contributed by atoms with van der Waals surface area (Å²) in [6.45, 7) is -1.72. The molecule has 1 aromatic carbocycles. The molecule has 0 fully saturated rings. The molecular weight excluding hydrogens is 342 g/mol. The molecule has 20 heavy (non-hydrogen) atoms. The standard InChI is InChI=1S/C12H11BrF2O5/c1-5(13)9(16)6-3-2-4-7(20-12(14)15)8(6)10(17)11(18)19/h2-5,10,12,17H,1H3,(H,18,19). The maximum atomic E-state index is 12.3. The summed E-state index contributed by atoms with van der Waals surface area (Å²) in [6, 6.07) is 3.56. The first-order chi connectivity index (χ1) is 9.25. The third-order valence-corrected chi connectivity index (χ3v) is 2.83. The summed E-state index contributed by atoms with van der Waals surface area (Å²) in [5, 5.41) is 18.4. The van der Waals surface area contributed by atoms with E-state index in [4.69, 9.17) is 5.11 Å². The number of Topliss-reactive ketones (excluding diaryl/α,β-unsaturated/α-hetero) is 1. The number of benzene rings is 1. The maximum Gasteiger partial charge on any atom is 0.387 e. The van der Waals surface area contributed by atoms with Gasteiger partial charge in [0.05, 0.1) is 4.83 Å². The van der Waals surface area contributed by atoms with E-state index in [1.807, 2.05) is 0 Å². The Bertz CT molecular complexity index is 519. The van der Waals surface area contributed by atoms with E-state index in [-0.39, 0.29) is 5.56 Å². The third kappa shape index (κ3) is 3.73. The minimum absolute atomic E-state index is 0.192. The average molecular weight is 353 g/mol. The number of aliphatic hydroxyl groups is 1. The highest BCUT2D eigenvalue weighted by molar-refractivity contribution is 9.10. The summed E-state index contributed by atoms with van der Waals surface area (Å²) < 4.78 is 28.8. The predicted octanol–water partition coefficient (Wildman–Crippen LogP) is 2.37. The fourth-order valence-corrected chi connectivity index (χ4v) is 1.82. The van der Waals surface area contributed by atoms with Crippen LogP contribution in [0.3, 0.4) is 0 Å². The van der Waals surface area contributed by atoms with Crippen molar-refractivity contribution in [3.8, 4) is 5.75 Å². The lowest BCUT2D eigenvalue weighted by molar-refractivity contribution is -0.147. The van der Waals surface area contributed by atoms with E-state index in [9.17, 15) is 23.5 Å². The van der Waals surface area contributed by atoms with Crippen LogP contribution in [0.4, 0.5) is 8.78 Å². The number of ketones is 1. The van der Waals surface area contributed by atoms with Gasteiger partial charge in [-0.1, -0.05) is 28.1 Å². The summed E-state index contributed by atoms with van der Waals surface area (Å²) >= 11 is 3.00. The van der Waals surface area contributed by atoms with Crippen LogP contribution < -0.4 is 4.74 Å². The first-order valence-electron chi connectivity index (χ1n) is 5.42. The van der Waals surface area contributed by atoms with Gasteiger partial charge in [0.1, 0.15) is 5.75 Å². The molecule has 2 unspecified atom stereocenters. The molecule has 0 spiro atoms. The van der Waals surface area contributed by atoms with Crippen molar-refractivity contribution in [3.05, 3.63) is 29.3 Å². The number of halogens is 3. The molecule has 2 atom stereocenters. The van der Waals surface area contributed by atoms with Crippen molar-refractivity contribution in [1.82, 2.24) is 0 Å². The monoisotopic (exact) mass is 352 g/mol. The van der Waals surface area contributed by atoms with Crippen LogP contribution in [0.2, 0.25) is 0 Å². The lowest BCUT2D eigenvalue weighted by Gasteiger charge is -2.17. The molecule has 0 amide bonds. The van der Waals surface area contributed by atoms with E-state index in [1.165, 1.54) is 19.1 Å². The summed E-state index contributed by atoms with van der Waals surface area (Å²) in [4.78, 5) is 22.1. The fraction of sp³-hybridized carbons (Fsp3) is 0.333. The molecule has 8 heteroatoms. The number of alkyl halides is 3. The van der Waals surface area contributed by atoms with Crippen LogP contribution in [-0.2, 0) is 4.79 Å². The Morgan fingerprint density at radius 2 is 1.95 bits per heavy atom. The molecule has 110 valence electrons. The molecule has 0 aromatic heterocycles. The number of aliphatic hydroxyl groups excluding tert-OH is 1. The van der Waals surface area contributed by atoms with Crippen molar-refractivity contribution in [2.75, 3.05) is 0 Å². The highest BCUT2D eigenvalue weighted by Crippen LogP contribution is 2.31. The van der Waals surface area contributed by atoms with Gasteiger partial charge in [-0.2, -0.15) is 8.78 Å². The Labute approximate surface area is 121 Å². The highest BCUT2D eigenvalue weighted by atomic mass is 79.9. The Morgan fingerprint density at radius 3 is 2.40 bits per heavy atom. The molecule has 5 nitrogen and oxygen atoms in total. The molecule has 0 bridgehead atoms. The van der Waals surface area contributed by atoms with Gasteiger partial charge in [-0.15, -0.1) is 0 Å². The number of carbonyl (C=O) groups excluding carboxylic acids is 1. The lowest BCUT2D eigenvalue weighted by Crippen LogP contribution is -2.20. The van der Waals surface area contributed by atoms with Gasteiger partial charge >= 0.3 is 12.6 Å². The number of rotatable bonds is 6. The smallest absolute Gasteiger partial charge is 0.387 e. The highest BCUT2D eigenvalue weighted by Gasteiger charge is 2.29. The largest absolute Gasteiger partial charge is 0.479 e. The number of ether oxygens (including phenoxy) is 1. The minimum atomic E-state index is -3.21. The van der Waals surface area contributed by atoms with Crippen molar-refractivity contribution in [2.45, 2.75) is 24.5 Å². The molecule has 0 saturated carbocycles. The van der Waals surface area contributed by atoms with Crippen LogP contribution in [-0.4, -0.2) is 33.4 Å². The van der Waals surface area contributed by atoms with Crippen molar-refractivity contribution < 1.29 is 33.3 Å². The molecule has 0 radical (unpaired) electrons. The van der Waals surface area contributed by atoms with Crippen LogP contribution in [0.1, 0.15) is 28.9 Å². The number of hydrogen-bond donors (Lipinski definition) is 2. The number of carboxylic acids is 1. The van der Waals surface area contributed by atoms with E-state index in [1.54, 1.807) is 0 Å². The van der Waals surface area contributed by atoms with Crippen molar-refractivity contribution in [3.63, 3.8) is 0 Å². The van der Waals surface area contributed by atoms with Gasteiger partial charge in [0.2, 0.25) is 0 Å². The Hall–Kier alpha value is -1.54. The molecule has 0 aliphatic heterocycles. The maximum absolute atomic E-state index is 12.3. The molecule has 2 N–H and O–H groups in total. The quantitative estimate of drug-likeness (QED) is 0.606. The zero-order valence-electron chi connectivity index (χ0n) is 10.2. The molecular formula is C12H11BrF2O5. The third-order valence-electron chi connectivity index (χ3n) is 2.42. The zero-order valence-corrected chi connectivity index (χ0v) is 11.8. The second-order valence-electron chi connectivity index (χ2n) is 3.82. The van der Waals surface area contributed by atoms with Crippen LogP contribution >= 0.6 is 15.9 Å². The van der Waals surface area contributed by atoms with E-state index >= 15 is 0 Å². The average Bonchev–Trinajstić information content (AvgIpc) is 2.35. The normalized spacial score (nSPS) is 13.9. The van der Waals surface area contributed by atoms with Crippen molar-refractivity contribution >= 4 is 27.7 Å². The molecule has 0 aliphatic carbocycles. The number of aliphatic carboxylic acids is 1.